The van der Waals surface area contributed by atoms with Gasteiger partial charge in [-0.05, 0) is 50.6 Å². The molecular formula is C21H21F3N6O3. The number of primary amides is 2. The fourth-order valence-corrected chi connectivity index (χ4v) is 2.73. The van der Waals surface area contributed by atoms with Crippen molar-refractivity contribution in [2.45, 2.75) is 32.5 Å². The van der Waals surface area contributed by atoms with Gasteiger partial charge in [-0.1, -0.05) is 0 Å². The topological polar surface area (TPSA) is 146 Å². The number of nitrogens with one attached hydrogen (secondary N) is 1. The van der Waals surface area contributed by atoms with Crippen molar-refractivity contribution in [2.24, 2.45) is 21.9 Å². The minimum absolute atomic E-state index is 0.0448. The number of hydrogen-bond donors (Lipinski definition) is 3. The molecule has 1 aromatic heterocycles. The van der Waals surface area contributed by atoms with E-state index in [4.69, 9.17) is 16.2 Å². The first kappa shape index (κ1) is 23.7. The fraction of sp³-hybridized carbons (Fsp3) is 0.286. The van der Waals surface area contributed by atoms with Gasteiger partial charge < -0.3 is 21.5 Å². The Morgan fingerprint density at radius 1 is 1.18 bits per heavy atom. The normalized spacial score (nSPS) is 18.9. The summed E-state index contributed by atoms with van der Waals surface area (Å²) in [5, 5.41) is 2.77. The summed E-state index contributed by atoms with van der Waals surface area (Å²) in [4.78, 5) is 35.1. The van der Waals surface area contributed by atoms with Crippen LogP contribution in [0.4, 0.5) is 19.0 Å². The molecule has 33 heavy (non-hydrogen) atoms. The van der Waals surface area contributed by atoms with E-state index in [-0.39, 0.29) is 29.6 Å². The first-order chi connectivity index (χ1) is 15.4. The highest BCUT2D eigenvalue weighted by molar-refractivity contribution is 5.92. The van der Waals surface area contributed by atoms with Gasteiger partial charge in [0.05, 0.1) is 0 Å². The summed E-state index contributed by atoms with van der Waals surface area (Å²) >= 11 is 0. The number of alkyl halides is 3. The number of allylic oxidation sites excluding steroid dienone is 1. The number of rotatable bonds is 7. The van der Waals surface area contributed by atoms with Gasteiger partial charge in [0.1, 0.15) is 28.7 Å². The van der Waals surface area contributed by atoms with E-state index in [0.717, 1.165) is 13.1 Å². The lowest BCUT2D eigenvalue weighted by atomic mass is 9.86. The first-order valence-corrected chi connectivity index (χ1v) is 9.73. The molecule has 5 N–H and O–H groups in total. The number of benzene rings is 1. The Bertz CT molecular complexity index is 1130. The highest BCUT2D eigenvalue weighted by Crippen LogP contribution is 2.41. The SMILES string of the molecule is C[C@H](Nc1cc(C(N)=O)nc(-c2ccc(OC3=CCC(C)(C(F)(F)F)C=N3)cc2)n1)C(N)=O. The average Bonchev–Trinajstić information content (AvgIpc) is 2.75. The van der Waals surface area contributed by atoms with Crippen LogP contribution >= 0.6 is 0 Å². The minimum atomic E-state index is -4.41. The summed E-state index contributed by atoms with van der Waals surface area (Å²) in [6.45, 7) is 2.59. The van der Waals surface area contributed by atoms with Crippen LogP contribution in [-0.2, 0) is 4.79 Å². The van der Waals surface area contributed by atoms with Gasteiger partial charge in [-0.2, -0.15) is 13.2 Å². The molecule has 2 aromatic rings. The third kappa shape index (κ3) is 5.45. The molecule has 0 fully saturated rings. The largest absolute Gasteiger partial charge is 0.439 e. The van der Waals surface area contributed by atoms with Gasteiger partial charge in [0.25, 0.3) is 5.91 Å². The van der Waals surface area contributed by atoms with Crippen LogP contribution in [0.1, 0.15) is 30.8 Å². The van der Waals surface area contributed by atoms with Gasteiger partial charge in [-0.25, -0.2) is 15.0 Å². The van der Waals surface area contributed by atoms with Gasteiger partial charge in [-0.3, -0.25) is 9.59 Å². The molecule has 12 heteroatoms. The molecule has 2 amide bonds. The van der Waals surface area contributed by atoms with Crippen molar-refractivity contribution < 1.29 is 27.5 Å². The zero-order valence-corrected chi connectivity index (χ0v) is 17.7. The van der Waals surface area contributed by atoms with E-state index in [2.05, 4.69) is 20.3 Å². The summed E-state index contributed by atoms with van der Waals surface area (Å²) in [6.07, 6.45) is -2.59. The molecule has 0 saturated carbocycles. The highest BCUT2D eigenvalue weighted by atomic mass is 19.4. The van der Waals surface area contributed by atoms with Crippen LogP contribution in [0.3, 0.4) is 0 Å². The predicted molar refractivity (Wildman–Crippen MR) is 114 cm³/mol. The Morgan fingerprint density at radius 3 is 2.36 bits per heavy atom. The van der Waals surface area contributed by atoms with Crippen molar-refractivity contribution >= 4 is 23.8 Å². The Kier molecular flexibility index (Phi) is 6.38. The van der Waals surface area contributed by atoms with Crippen molar-refractivity contribution in [2.75, 3.05) is 5.32 Å². The number of nitrogens with two attached hydrogens (primary N) is 2. The number of halogens is 3. The molecule has 0 bridgehead atoms. The molecule has 0 radical (unpaired) electrons. The Balaban J connectivity index is 1.79. The monoisotopic (exact) mass is 462 g/mol. The highest BCUT2D eigenvalue weighted by Gasteiger charge is 2.50. The molecule has 174 valence electrons. The van der Waals surface area contributed by atoms with E-state index in [1.807, 2.05) is 0 Å². The Morgan fingerprint density at radius 2 is 1.85 bits per heavy atom. The van der Waals surface area contributed by atoms with E-state index in [9.17, 15) is 22.8 Å². The maximum absolute atomic E-state index is 13.1. The van der Waals surface area contributed by atoms with Crippen molar-refractivity contribution in [1.29, 1.82) is 0 Å². The van der Waals surface area contributed by atoms with E-state index < -0.39 is 29.4 Å². The third-order valence-electron chi connectivity index (χ3n) is 4.93. The van der Waals surface area contributed by atoms with Crippen LogP contribution in [0.5, 0.6) is 5.75 Å². The van der Waals surface area contributed by atoms with Gasteiger partial charge in [0.2, 0.25) is 11.8 Å². The molecule has 0 spiro atoms. The number of aromatic nitrogens is 2. The van der Waals surface area contributed by atoms with Crippen LogP contribution in [0.2, 0.25) is 0 Å². The van der Waals surface area contributed by atoms with Crippen LogP contribution < -0.4 is 21.5 Å². The lowest BCUT2D eigenvalue weighted by Crippen LogP contribution is -2.37. The van der Waals surface area contributed by atoms with Crippen LogP contribution in [0, 0.1) is 5.41 Å². The van der Waals surface area contributed by atoms with Crippen molar-refractivity contribution in [3.05, 3.63) is 48.0 Å². The second kappa shape index (κ2) is 8.88. The van der Waals surface area contributed by atoms with Gasteiger partial charge in [-0.15, -0.1) is 0 Å². The quantitative estimate of drug-likeness (QED) is 0.577. The smallest absolute Gasteiger partial charge is 0.399 e. The Labute approximate surface area is 186 Å². The second-order valence-electron chi connectivity index (χ2n) is 7.64. The number of carbonyl (C=O) groups excluding carboxylic acids is 2. The number of amides is 2. The standard InChI is InChI=1S/C21H21F3N6O3/c1-11(17(25)31)28-15-9-14(18(26)32)29-19(30-15)12-3-5-13(6-4-12)33-16-7-8-20(2,10-27-16)21(22,23)24/h3-7,9-11H,8H2,1-2H3,(H2,25,31)(H2,26,32)(H,28,29,30)/t11-,20?/m0/s1. The molecule has 1 aromatic carbocycles. The van der Waals surface area contributed by atoms with Gasteiger partial charge in [0, 0.05) is 17.8 Å². The van der Waals surface area contributed by atoms with Crippen LogP contribution in [0.15, 0.2) is 47.3 Å². The molecule has 0 aliphatic carbocycles. The second-order valence-corrected chi connectivity index (χ2v) is 7.64. The molecule has 1 aliphatic rings. The fourth-order valence-electron chi connectivity index (χ4n) is 2.73. The number of carbonyl (C=O) groups is 2. The maximum Gasteiger partial charge on any atom is 0.399 e. The van der Waals surface area contributed by atoms with Crippen LogP contribution in [-0.4, -0.2) is 40.2 Å². The molecule has 1 unspecified atom stereocenters. The molecule has 1 aliphatic heterocycles. The first-order valence-electron chi connectivity index (χ1n) is 9.73. The van der Waals surface area contributed by atoms with Gasteiger partial charge >= 0.3 is 6.18 Å². The Hall–Kier alpha value is -3.96. The molecule has 3 rings (SSSR count). The molecule has 2 atom stereocenters. The van der Waals surface area contributed by atoms with Crippen molar-refractivity contribution in [3.63, 3.8) is 0 Å². The van der Waals surface area contributed by atoms with E-state index in [1.54, 1.807) is 24.3 Å². The lowest BCUT2D eigenvalue weighted by molar-refractivity contribution is -0.189. The summed E-state index contributed by atoms with van der Waals surface area (Å²) < 4.78 is 44.7. The number of aliphatic imine (C=N–C) groups is 1. The zero-order chi connectivity index (χ0) is 24.4. The molecular weight excluding hydrogens is 441 g/mol. The van der Waals surface area contributed by atoms with Gasteiger partial charge in [0.15, 0.2) is 5.82 Å². The summed E-state index contributed by atoms with van der Waals surface area (Å²) in [5.41, 5.74) is 8.95. The summed E-state index contributed by atoms with van der Waals surface area (Å²) in [6, 6.07) is 6.80. The number of anilines is 1. The third-order valence-corrected chi connectivity index (χ3v) is 4.93. The summed E-state index contributed by atoms with van der Waals surface area (Å²) in [7, 11) is 0. The van der Waals surface area contributed by atoms with E-state index in [1.165, 1.54) is 19.1 Å². The minimum Gasteiger partial charge on any atom is -0.439 e. The average molecular weight is 462 g/mol. The van der Waals surface area contributed by atoms with Crippen molar-refractivity contribution in [1.82, 2.24) is 9.97 Å². The molecule has 9 nitrogen and oxygen atoms in total. The number of nitrogens with zero attached hydrogens (tertiary/aromatic N) is 3. The van der Waals surface area contributed by atoms with Crippen molar-refractivity contribution in [3.8, 4) is 17.1 Å². The molecule has 0 saturated heterocycles. The number of ether oxygens (including phenoxy) is 1. The maximum atomic E-state index is 13.1. The zero-order valence-electron chi connectivity index (χ0n) is 17.7. The van der Waals surface area contributed by atoms with E-state index in [0.29, 0.717) is 11.3 Å². The lowest BCUT2D eigenvalue weighted by Gasteiger charge is -2.29. The predicted octanol–water partition coefficient (Wildman–Crippen LogP) is 2.79. The van der Waals surface area contributed by atoms with Crippen LogP contribution in [0.25, 0.3) is 11.4 Å². The molecule has 2 heterocycles. The number of hydrogen-bond acceptors (Lipinski definition) is 7. The van der Waals surface area contributed by atoms with E-state index >= 15 is 0 Å². The summed E-state index contributed by atoms with van der Waals surface area (Å²) in [5.74, 6) is -0.718.